The molecule has 1 atom stereocenters. The lowest BCUT2D eigenvalue weighted by atomic mass is 10.1. The molecule has 5 nitrogen and oxygen atoms in total. The summed E-state index contributed by atoms with van der Waals surface area (Å²) in [5, 5.41) is 3.04. The van der Waals surface area contributed by atoms with E-state index in [1.54, 1.807) is 4.90 Å². The Labute approximate surface area is 149 Å². The van der Waals surface area contributed by atoms with Crippen molar-refractivity contribution >= 4 is 12.0 Å². The van der Waals surface area contributed by atoms with Gasteiger partial charge in [0.2, 0.25) is 5.91 Å². The molecule has 3 rings (SSSR count). The van der Waals surface area contributed by atoms with Gasteiger partial charge in [0, 0.05) is 19.1 Å². The number of carbonyl (C=O) groups is 2. The predicted octanol–water partition coefficient (Wildman–Crippen LogP) is 3.23. The second-order valence-corrected chi connectivity index (χ2v) is 8.17. The molecule has 5 heteroatoms. The predicted molar refractivity (Wildman–Crippen MR) is 96.5 cm³/mol. The van der Waals surface area contributed by atoms with E-state index in [4.69, 9.17) is 4.74 Å². The van der Waals surface area contributed by atoms with Crippen molar-refractivity contribution in [3.05, 3.63) is 35.4 Å². The van der Waals surface area contributed by atoms with Crippen molar-refractivity contribution < 1.29 is 14.3 Å². The summed E-state index contributed by atoms with van der Waals surface area (Å²) in [6.07, 6.45) is 3.42. The van der Waals surface area contributed by atoms with Crippen molar-refractivity contribution in [2.45, 2.75) is 64.0 Å². The number of hydrogen-bond acceptors (Lipinski definition) is 3. The first-order valence-electron chi connectivity index (χ1n) is 9.16. The fourth-order valence-corrected chi connectivity index (χ4v) is 3.16. The quantitative estimate of drug-likeness (QED) is 0.912. The third kappa shape index (κ3) is 5.21. The van der Waals surface area contributed by atoms with Gasteiger partial charge in [-0.3, -0.25) is 4.79 Å². The minimum Gasteiger partial charge on any atom is -0.444 e. The van der Waals surface area contributed by atoms with Crippen molar-refractivity contribution in [2.75, 3.05) is 13.1 Å². The van der Waals surface area contributed by atoms with Crippen molar-refractivity contribution in [1.82, 2.24) is 10.2 Å². The van der Waals surface area contributed by atoms with Gasteiger partial charge >= 0.3 is 6.09 Å². The number of benzene rings is 1. The Bertz CT molecular complexity index is 629. The molecule has 1 aromatic rings. The van der Waals surface area contributed by atoms with Crippen molar-refractivity contribution in [2.24, 2.45) is 0 Å². The normalized spacial score (nSPS) is 20.4. The van der Waals surface area contributed by atoms with Crippen LogP contribution in [-0.2, 0) is 16.0 Å². The lowest BCUT2D eigenvalue weighted by Gasteiger charge is -2.24. The molecule has 2 amide bonds. The SMILES string of the molecule is CC(C)(C)OC(=O)N1CC[C@@H](NC(=O)Cc2ccc(C3CC3)cc2)C1. The van der Waals surface area contributed by atoms with E-state index >= 15 is 0 Å². The van der Waals surface area contributed by atoms with Crippen LogP contribution in [0.15, 0.2) is 24.3 Å². The highest BCUT2D eigenvalue weighted by Crippen LogP contribution is 2.39. The summed E-state index contributed by atoms with van der Waals surface area (Å²) >= 11 is 0. The molecule has 2 fully saturated rings. The maximum atomic E-state index is 12.3. The van der Waals surface area contributed by atoms with E-state index in [1.807, 2.05) is 20.8 Å². The number of likely N-dealkylation sites (tertiary alicyclic amines) is 1. The van der Waals surface area contributed by atoms with Gasteiger partial charge in [-0.25, -0.2) is 4.79 Å². The minimum absolute atomic E-state index is 0.00533. The molecule has 0 unspecified atom stereocenters. The molecule has 0 radical (unpaired) electrons. The smallest absolute Gasteiger partial charge is 0.410 e. The number of carbonyl (C=O) groups excluding carboxylic acids is 2. The molecule has 1 saturated heterocycles. The second kappa shape index (κ2) is 7.06. The van der Waals surface area contributed by atoms with E-state index in [0.29, 0.717) is 19.5 Å². The number of hydrogen-bond donors (Lipinski definition) is 1. The van der Waals surface area contributed by atoms with E-state index in [0.717, 1.165) is 17.9 Å². The van der Waals surface area contributed by atoms with Crippen LogP contribution in [0.5, 0.6) is 0 Å². The lowest BCUT2D eigenvalue weighted by molar-refractivity contribution is -0.121. The maximum absolute atomic E-state index is 12.3. The average Bonchev–Trinajstić information content (AvgIpc) is 3.26. The van der Waals surface area contributed by atoms with Gasteiger partial charge in [-0.05, 0) is 57.1 Å². The van der Waals surface area contributed by atoms with E-state index in [1.165, 1.54) is 18.4 Å². The molecule has 1 aliphatic heterocycles. The molecular weight excluding hydrogens is 316 g/mol. The van der Waals surface area contributed by atoms with Crippen LogP contribution >= 0.6 is 0 Å². The highest BCUT2D eigenvalue weighted by Gasteiger charge is 2.30. The molecule has 0 spiro atoms. The number of nitrogens with one attached hydrogen (secondary N) is 1. The van der Waals surface area contributed by atoms with Crippen LogP contribution in [0.25, 0.3) is 0 Å². The monoisotopic (exact) mass is 344 g/mol. The van der Waals surface area contributed by atoms with Gasteiger partial charge in [0.25, 0.3) is 0 Å². The Balaban J connectivity index is 1.44. The third-order valence-corrected chi connectivity index (χ3v) is 4.60. The largest absolute Gasteiger partial charge is 0.444 e. The summed E-state index contributed by atoms with van der Waals surface area (Å²) in [7, 11) is 0. The first kappa shape index (κ1) is 17.8. The Morgan fingerprint density at radius 2 is 1.84 bits per heavy atom. The molecule has 136 valence electrons. The van der Waals surface area contributed by atoms with Gasteiger partial charge in [-0.15, -0.1) is 0 Å². The van der Waals surface area contributed by atoms with Crippen LogP contribution in [-0.4, -0.2) is 41.6 Å². The lowest BCUT2D eigenvalue weighted by Crippen LogP contribution is -2.40. The van der Waals surface area contributed by atoms with Crippen LogP contribution < -0.4 is 5.32 Å². The van der Waals surface area contributed by atoms with E-state index in [9.17, 15) is 9.59 Å². The summed E-state index contributed by atoms with van der Waals surface area (Å²) in [5.41, 5.74) is 1.92. The first-order chi connectivity index (χ1) is 11.8. The number of rotatable bonds is 4. The number of nitrogens with zero attached hydrogens (tertiary/aromatic N) is 1. The number of ether oxygens (including phenoxy) is 1. The second-order valence-electron chi connectivity index (χ2n) is 8.17. The van der Waals surface area contributed by atoms with Crippen LogP contribution in [0.4, 0.5) is 4.79 Å². The third-order valence-electron chi connectivity index (χ3n) is 4.60. The first-order valence-corrected chi connectivity index (χ1v) is 9.16. The number of amides is 2. The zero-order valence-electron chi connectivity index (χ0n) is 15.4. The van der Waals surface area contributed by atoms with Gasteiger partial charge in [0.1, 0.15) is 5.60 Å². The topological polar surface area (TPSA) is 58.6 Å². The highest BCUT2D eigenvalue weighted by molar-refractivity contribution is 5.79. The summed E-state index contributed by atoms with van der Waals surface area (Å²) in [6.45, 7) is 6.70. The summed E-state index contributed by atoms with van der Waals surface area (Å²) in [6, 6.07) is 8.38. The van der Waals surface area contributed by atoms with Gasteiger partial charge in [-0.1, -0.05) is 24.3 Å². The summed E-state index contributed by atoms with van der Waals surface area (Å²) < 4.78 is 5.38. The van der Waals surface area contributed by atoms with Crippen LogP contribution in [0.2, 0.25) is 0 Å². The molecule has 25 heavy (non-hydrogen) atoms. The Hall–Kier alpha value is -2.04. The molecule has 1 heterocycles. The van der Waals surface area contributed by atoms with Crippen molar-refractivity contribution in [3.63, 3.8) is 0 Å². The fraction of sp³-hybridized carbons (Fsp3) is 0.600. The fourth-order valence-electron chi connectivity index (χ4n) is 3.16. The molecule has 1 aliphatic carbocycles. The standard InChI is InChI=1S/C20H28N2O3/c1-20(2,3)25-19(24)22-11-10-17(13-22)21-18(23)12-14-4-6-15(7-5-14)16-8-9-16/h4-7,16-17H,8-13H2,1-3H3,(H,21,23)/t17-/m1/s1. The van der Waals surface area contributed by atoms with Crippen LogP contribution in [0.1, 0.15) is 57.1 Å². The van der Waals surface area contributed by atoms with Crippen LogP contribution in [0, 0.1) is 0 Å². The molecule has 0 bridgehead atoms. The minimum atomic E-state index is -0.495. The molecule has 0 aromatic heterocycles. The van der Waals surface area contributed by atoms with E-state index < -0.39 is 5.60 Å². The maximum Gasteiger partial charge on any atom is 0.410 e. The van der Waals surface area contributed by atoms with Crippen molar-refractivity contribution in [3.8, 4) is 0 Å². The van der Waals surface area contributed by atoms with Gasteiger partial charge < -0.3 is 15.0 Å². The van der Waals surface area contributed by atoms with Crippen molar-refractivity contribution in [1.29, 1.82) is 0 Å². The zero-order valence-corrected chi connectivity index (χ0v) is 15.4. The molecular formula is C20H28N2O3. The molecule has 1 aromatic carbocycles. The van der Waals surface area contributed by atoms with Gasteiger partial charge in [0.15, 0.2) is 0 Å². The van der Waals surface area contributed by atoms with Gasteiger partial charge in [-0.2, -0.15) is 0 Å². The molecule has 1 saturated carbocycles. The Morgan fingerprint density at radius 1 is 1.16 bits per heavy atom. The summed E-state index contributed by atoms with van der Waals surface area (Å²) in [5.74, 6) is 0.746. The van der Waals surface area contributed by atoms with E-state index in [-0.39, 0.29) is 18.0 Å². The summed E-state index contributed by atoms with van der Waals surface area (Å²) in [4.78, 5) is 26.0. The Kier molecular flexibility index (Phi) is 5.02. The molecule has 1 N–H and O–H groups in total. The molecule has 2 aliphatic rings. The van der Waals surface area contributed by atoms with Crippen LogP contribution in [0.3, 0.4) is 0 Å². The Morgan fingerprint density at radius 3 is 2.44 bits per heavy atom. The van der Waals surface area contributed by atoms with Gasteiger partial charge in [0.05, 0.1) is 6.42 Å². The zero-order chi connectivity index (χ0) is 18.0. The van der Waals surface area contributed by atoms with E-state index in [2.05, 4.69) is 29.6 Å². The average molecular weight is 344 g/mol. The highest BCUT2D eigenvalue weighted by atomic mass is 16.6.